The summed E-state index contributed by atoms with van der Waals surface area (Å²) >= 11 is 0. The zero-order valence-electron chi connectivity index (χ0n) is 44.0. The maximum atomic E-state index is 14.2. The van der Waals surface area contributed by atoms with Crippen molar-refractivity contribution in [3.05, 3.63) is 246 Å². The lowest BCUT2D eigenvalue weighted by Gasteiger charge is -2.19. The lowest BCUT2D eigenvalue weighted by atomic mass is 9.95. The van der Waals surface area contributed by atoms with Crippen molar-refractivity contribution in [2.75, 3.05) is 0 Å². The van der Waals surface area contributed by atoms with Crippen LogP contribution in [0.2, 0.25) is 0 Å². The Kier molecular flexibility index (Phi) is 13.0. The van der Waals surface area contributed by atoms with Gasteiger partial charge in [0.15, 0.2) is 17.5 Å². The molecule has 0 saturated heterocycles. The molecule has 0 spiro atoms. The Labute approximate surface area is 479 Å². The van der Waals surface area contributed by atoms with Crippen LogP contribution in [0.4, 0.5) is 52.7 Å². The van der Waals surface area contributed by atoms with Gasteiger partial charge in [-0.15, -0.1) is 0 Å². The minimum Gasteiger partial charge on any atom is -0.309 e. The number of fused-ring (bicyclic) bond motifs is 6. The maximum Gasteiger partial charge on any atom is 0.416 e. The quantitative estimate of drug-likeness (QED) is 0.142. The molecular weight excluding hydrogens is 1130 g/mol. The summed E-state index contributed by atoms with van der Waals surface area (Å²) in [7, 11) is 0. The van der Waals surface area contributed by atoms with Crippen molar-refractivity contribution < 1.29 is 52.7 Å². The van der Waals surface area contributed by atoms with E-state index < -0.39 is 47.0 Å². The summed E-state index contributed by atoms with van der Waals surface area (Å²) in [5.74, 6) is 0.954. The van der Waals surface area contributed by atoms with Crippen LogP contribution in [0.15, 0.2) is 218 Å². The van der Waals surface area contributed by atoms with Crippen LogP contribution in [0.1, 0.15) is 27.8 Å². The van der Waals surface area contributed by atoms with Gasteiger partial charge in [0.2, 0.25) is 0 Å². The SMILES string of the molecule is N#Cc1c(-c2ccc(-c3nc(-c4ccccc4)nc(-c4ccccc4)n3)cc2-n2c3ccccc3c3cc(-c4cc(C(F)(F)F)cc(C(F)(F)F)c4)ccc32)cccc1-n1c2ccccc2c2cc(-c3cc(C(F)(F)F)cc(C(F)(F)F)c3)ccc21. The van der Waals surface area contributed by atoms with Crippen molar-refractivity contribution in [2.45, 2.75) is 24.7 Å². The fraction of sp³-hybridized carbons (Fsp3) is 0.0588. The van der Waals surface area contributed by atoms with Gasteiger partial charge in [0.25, 0.3) is 0 Å². The fourth-order valence-corrected chi connectivity index (χ4v) is 11.2. The molecule has 0 bridgehead atoms. The van der Waals surface area contributed by atoms with Gasteiger partial charge in [0, 0.05) is 49.4 Å². The number of nitrogens with zero attached hydrogens (tertiary/aromatic N) is 6. The van der Waals surface area contributed by atoms with E-state index in [1.54, 1.807) is 95.6 Å². The first-order valence-electron chi connectivity index (χ1n) is 26.3. The maximum absolute atomic E-state index is 14.2. The Morgan fingerprint density at radius 3 is 1.10 bits per heavy atom. The van der Waals surface area contributed by atoms with E-state index in [9.17, 15) is 57.9 Å². The molecule has 0 unspecified atom stereocenters. The van der Waals surface area contributed by atoms with Gasteiger partial charge in [-0.2, -0.15) is 57.9 Å². The molecule has 0 atom stereocenters. The predicted octanol–water partition coefficient (Wildman–Crippen LogP) is 20.0. The number of benzene rings is 10. The van der Waals surface area contributed by atoms with Gasteiger partial charge in [-0.25, -0.2) is 15.0 Å². The molecule has 10 aromatic carbocycles. The monoisotopic (exact) mass is 1160 g/mol. The second kappa shape index (κ2) is 20.4. The average Bonchev–Trinajstić information content (AvgIpc) is 1.81. The number of nitriles is 1. The van der Waals surface area contributed by atoms with E-state index in [4.69, 9.17) is 15.0 Å². The van der Waals surface area contributed by atoms with Crippen LogP contribution in [0.5, 0.6) is 0 Å². The summed E-state index contributed by atoms with van der Waals surface area (Å²) in [4.78, 5) is 14.8. The summed E-state index contributed by atoms with van der Waals surface area (Å²) in [6.45, 7) is 0. The van der Waals surface area contributed by atoms with E-state index >= 15 is 0 Å². The van der Waals surface area contributed by atoms with Gasteiger partial charge in [-0.3, -0.25) is 0 Å². The molecule has 13 aromatic rings. The first kappa shape index (κ1) is 54.7. The van der Waals surface area contributed by atoms with E-state index in [0.29, 0.717) is 119 Å². The summed E-state index contributed by atoms with van der Waals surface area (Å²) in [5.41, 5.74) is -0.771. The Morgan fingerprint density at radius 2 is 0.674 bits per heavy atom. The largest absolute Gasteiger partial charge is 0.416 e. The van der Waals surface area contributed by atoms with Crippen LogP contribution in [0.25, 0.3) is 123 Å². The van der Waals surface area contributed by atoms with Crippen LogP contribution in [-0.2, 0) is 24.7 Å². The molecule has 0 aliphatic carbocycles. The topological polar surface area (TPSA) is 72.3 Å². The van der Waals surface area contributed by atoms with Crippen molar-refractivity contribution in [1.29, 1.82) is 5.26 Å². The van der Waals surface area contributed by atoms with Gasteiger partial charge in [-0.1, -0.05) is 133 Å². The minimum absolute atomic E-state index is 0.0664. The van der Waals surface area contributed by atoms with E-state index in [0.717, 1.165) is 0 Å². The molecule has 0 saturated carbocycles. The molecule has 0 aliphatic rings. The van der Waals surface area contributed by atoms with Crippen molar-refractivity contribution in [1.82, 2.24) is 24.1 Å². The third-order valence-corrected chi connectivity index (χ3v) is 15.1. The van der Waals surface area contributed by atoms with E-state index in [2.05, 4.69) is 6.07 Å². The molecule has 0 aliphatic heterocycles. The fourth-order valence-electron chi connectivity index (χ4n) is 11.2. The standard InChI is InChI=1S/C68H36F12N6/c69-65(70,71)45-28-43(29-46(35-45)66(72,73)74)40-23-26-59-53(32-40)50-16-7-9-19-56(50)85(59)58-21-11-18-49(55(58)37-81)52-25-22-42(64-83-62(38-12-3-1-4-13-38)82-63(84-64)39-14-5-2-6-15-39)34-61(52)86-57-20-10-8-17-51(57)54-33-41(24-27-60(54)86)44-30-47(67(75,76)77)36-48(31-44)68(78,79)80/h1-36H. The van der Waals surface area contributed by atoms with Crippen molar-refractivity contribution in [3.63, 3.8) is 0 Å². The lowest BCUT2D eigenvalue weighted by Crippen LogP contribution is -2.11. The van der Waals surface area contributed by atoms with Gasteiger partial charge in [0.05, 0.1) is 61.3 Å². The number of rotatable bonds is 8. The highest BCUT2D eigenvalue weighted by Gasteiger charge is 2.39. The minimum atomic E-state index is -5.10. The van der Waals surface area contributed by atoms with E-state index in [1.807, 2.05) is 71.3 Å². The summed E-state index contributed by atoms with van der Waals surface area (Å²) in [6.07, 6.45) is -20.4. The van der Waals surface area contributed by atoms with Crippen molar-refractivity contribution >= 4 is 43.6 Å². The molecule has 0 radical (unpaired) electrons. The second-order valence-electron chi connectivity index (χ2n) is 20.3. The second-order valence-corrected chi connectivity index (χ2v) is 20.3. The van der Waals surface area contributed by atoms with Gasteiger partial charge >= 0.3 is 24.7 Å². The third-order valence-electron chi connectivity index (χ3n) is 15.1. The van der Waals surface area contributed by atoms with E-state index in [-0.39, 0.29) is 45.8 Å². The molecule has 3 heterocycles. The Balaban J connectivity index is 1.05. The van der Waals surface area contributed by atoms with Gasteiger partial charge in [0.1, 0.15) is 6.07 Å². The smallest absolute Gasteiger partial charge is 0.309 e. The highest BCUT2D eigenvalue weighted by Crippen LogP contribution is 2.46. The zero-order valence-corrected chi connectivity index (χ0v) is 44.0. The molecule has 18 heteroatoms. The Morgan fingerprint density at radius 1 is 0.291 bits per heavy atom. The number of halogens is 12. The number of alkyl halides is 12. The Hall–Kier alpha value is -10.5. The summed E-state index contributed by atoms with van der Waals surface area (Å²) in [6, 6.07) is 57.5. The molecule has 422 valence electrons. The van der Waals surface area contributed by atoms with Gasteiger partial charge < -0.3 is 9.13 Å². The summed E-state index contributed by atoms with van der Waals surface area (Å²) in [5, 5.41) is 13.6. The molecule has 0 fully saturated rings. The normalized spacial score (nSPS) is 12.4. The highest BCUT2D eigenvalue weighted by molar-refractivity contribution is 6.12. The molecule has 0 N–H and O–H groups in total. The highest BCUT2D eigenvalue weighted by atomic mass is 19.4. The predicted molar refractivity (Wildman–Crippen MR) is 306 cm³/mol. The van der Waals surface area contributed by atoms with Crippen LogP contribution >= 0.6 is 0 Å². The number of para-hydroxylation sites is 2. The average molecular weight is 1170 g/mol. The van der Waals surface area contributed by atoms with Crippen LogP contribution < -0.4 is 0 Å². The lowest BCUT2D eigenvalue weighted by molar-refractivity contribution is -0.144. The molecule has 6 nitrogen and oxygen atoms in total. The molecular formula is C68H36F12N6. The molecule has 3 aromatic heterocycles. The van der Waals surface area contributed by atoms with Crippen LogP contribution in [0.3, 0.4) is 0 Å². The first-order chi connectivity index (χ1) is 41.1. The van der Waals surface area contributed by atoms with Crippen molar-refractivity contribution in [2.24, 2.45) is 0 Å². The molecule has 13 rings (SSSR count). The van der Waals surface area contributed by atoms with Crippen molar-refractivity contribution in [3.8, 4) is 85.0 Å². The number of hydrogen-bond donors (Lipinski definition) is 0. The third kappa shape index (κ3) is 9.79. The summed E-state index contributed by atoms with van der Waals surface area (Å²) < 4.78 is 174. The van der Waals surface area contributed by atoms with Crippen LogP contribution in [-0.4, -0.2) is 24.1 Å². The number of aromatic nitrogens is 5. The Bertz CT molecular complexity index is 4770. The van der Waals surface area contributed by atoms with E-state index in [1.165, 1.54) is 24.3 Å². The molecule has 86 heavy (non-hydrogen) atoms. The molecule has 0 amide bonds. The van der Waals surface area contributed by atoms with Crippen LogP contribution in [0, 0.1) is 11.3 Å². The first-order valence-corrected chi connectivity index (χ1v) is 26.3. The van der Waals surface area contributed by atoms with Gasteiger partial charge in [-0.05, 0) is 107 Å². The number of hydrogen-bond acceptors (Lipinski definition) is 4. The zero-order chi connectivity index (χ0) is 60.0.